The lowest BCUT2D eigenvalue weighted by molar-refractivity contribution is -0.150. The summed E-state index contributed by atoms with van der Waals surface area (Å²) in [5, 5.41) is 5.61. The van der Waals surface area contributed by atoms with Crippen LogP contribution in [-0.2, 0) is 19.1 Å². The number of allylic oxidation sites excluding steroid dienone is 1. The summed E-state index contributed by atoms with van der Waals surface area (Å²) in [6, 6.07) is 4.99. The van der Waals surface area contributed by atoms with Gasteiger partial charge in [-0.2, -0.15) is 0 Å². The first-order valence-electron chi connectivity index (χ1n) is 12.4. The number of benzene rings is 1. The van der Waals surface area contributed by atoms with Gasteiger partial charge in [0.2, 0.25) is 5.91 Å². The van der Waals surface area contributed by atoms with Gasteiger partial charge in [-0.05, 0) is 63.6 Å². The fraction of sp³-hybridized carbons (Fsp3) is 0.519. The Kier molecular flexibility index (Phi) is 8.18. The maximum atomic E-state index is 13.5. The second kappa shape index (κ2) is 11.2. The number of hydrogen-bond acceptors (Lipinski definition) is 9. The third-order valence-electron chi connectivity index (χ3n) is 6.24. The van der Waals surface area contributed by atoms with E-state index in [-0.39, 0.29) is 18.4 Å². The van der Waals surface area contributed by atoms with Crippen molar-refractivity contribution in [3.63, 3.8) is 0 Å². The van der Waals surface area contributed by atoms with E-state index in [0.717, 1.165) is 30.7 Å². The number of nitrogens with one attached hydrogen (secondary N) is 1. The summed E-state index contributed by atoms with van der Waals surface area (Å²) in [7, 11) is 3.15. The van der Waals surface area contributed by atoms with E-state index < -0.39 is 17.6 Å². The molecule has 200 valence electrons. The first-order valence-corrected chi connectivity index (χ1v) is 13.3. The highest BCUT2D eigenvalue weighted by molar-refractivity contribution is 8.16. The Balaban J connectivity index is 1.67. The molecule has 3 aliphatic rings. The summed E-state index contributed by atoms with van der Waals surface area (Å²) in [6.45, 7) is 8.53. The van der Waals surface area contributed by atoms with Crippen molar-refractivity contribution in [2.45, 2.75) is 64.7 Å². The summed E-state index contributed by atoms with van der Waals surface area (Å²) in [4.78, 5) is 33.1. The molecule has 0 aliphatic carbocycles. The minimum atomic E-state index is -0.683. The molecule has 0 radical (unpaired) electrons. The number of amidine groups is 1. The van der Waals surface area contributed by atoms with Crippen molar-refractivity contribution in [3.8, 4) is 11.5 Å². The highest BCUT2D eigenvalue weighted by atomic mass is 32.2. The average Bonchev–Trinajstić information content (AvgIpc) is 3.50. The Morgan fingerprint density at radius 2 is 1.97 bits per heavy atom. The molecule has 9 nitrogen and oxygen atoms in total. The largest absolute Gasteiger partial charge is 0.493 e. The Hall–Kier alpha value is -2.98. The molecule has 1 amide bonds. The van der Waals surface area contributed by atoms with E-state index >= 15 is 0 Å². The van der Waals surface area contributed by atoms with Gasteiger partial charge in [-0.3, -0.25) is 4.79 Å². The maximum Gasteiger partial charge on any atom is 0.338 e. The van der Waals surface area contributed by atoms with Crippen molar-refractivity contribution >= 4 is 28.8 Å². The quantitative estimate of drug-likeness (QED) is 0.498. The number of ether oxygens (including phenoxy) is 4. The fourth-order valence-corrected chi connectivity index (χ4v) is 5.53. The molecule has 0 spiro atoms. The molecular weight excluding hydrogens is 494 g/mol. The van der Waals surface area contributed by atoms with E-state index in [9.17, 15) is 9.59 Å². The number of carbonyl (C=O) groups excluding carboxylic acids is 2. The average molecular weight is 530 g/mol. The van der Waals surface area contributed by atoms with Crippen LogP contribution in [0.25, 0.3) is 0 Å². The number of hydrogen-bond donors (Lipinski definition) is 1. The predicted molar refractivity (Wildman–Crippen MR) is 142 cm³/mol. The van der Waals surface area contributed by atoms with Gasteiger partial charge in [0.15, 0.2) is 16.7 Å². The molecule has 2 atom stereocenters. The molecule has 0 saturated carbocycles. The molecule has 1 fully saturated rings. The van der Waals surface area contributed by atoms with Crippen LogP contribution in [0.4, 0.5) is 0 Å². The summed E-state index contributed by atoms with van der Waals surface area (Å²) in [6.07, 6.45) is 2.17. The van der Waals surface area contributed by atoms with Crippen molar-refractivity contribution in [1.29, 1.82) is 0 Å². The molecule has 1 N–H and O–H groups in total. The molecule has 1 aromatic rings. The number of methoxy groups -OCH3 is 2. The van der Waals surface area contributed by atoms with Crippen LogP contribution in [0, 0.1) is 0 Å². The van der Waals surface area contributed by atoms with Crippen LogP contribution in [0.15, 0.2) is 45.6 Å². The fourth-order valence-electron chi connectivity index (χ4n) is 4.56. The Morgan fingerprint density at radius 3 is 2.62 bits per heavy atom. The van der Waals surface area contributed by atoms with Gasteiger partial charge in [-0.25, -0.2) is 9.79 Å². The highest BCUT2D eigenvalue weighted by Gasteiger charge is 2.42. The van der Waals surface area contributed by atoms with Crippen LogP contribution in [0.5, 0.6) is 11.5 Å². The van der Waals surface area contributed by atoms with Crippen LogP contribution in [0.1, 0.15) is 58.6 Å². The summed E-state index contributed by atoms with van der Waals surface area (Å²) in [5.41, 5.74) is 1.85. The van der Waals surface area contributed by atoms with Gasteiger partial charge in [0, 0.05) is 18.8 Å². The summed E-state index contributed by atoms with van der Waals surface area (Å²) < 4.78 is 22.4. The van der Waals surface area contributed by atoms with E-state index in [2.05, 4.69) is 5.32 Å². The smallest absolute Gasteiger partial charge is 0.338 e. The summed E-state index contributed by atoms with van der Waals surface area (Å²) >= 11 is 1.43. The number of fused-ring (bicyclic) bond motifs is 1. The van der Waals surface area contributed by atoms with Crippen LogP contribution < -0.4 is 14.8 Å². The number of carbonyl (C=O) groups is 2. The number of rotatable bonds is 8. The zero-order chi connectivity index (χ0) is 26.7. The molecule has 1 saturated heterocycles. The van der Waals surface area contributed by atoms with Gasteiger partial charge in [0.05, 0.1) is 44.1 Å². The standard InChI is InChI=1S/C27H35N3O6S/c1-16-23(25(32)36-27(2,3)4)24(17-9-10-20(33-5)21(12-17)34-6)30-18(15-37-26(30)29-16)13-22(31)28-14-19-8-7-11-35-19/h9-10,12,15,19,24H,7-8,11,13-14H2,1-6H3,(H,28,31)/t19-,24+/m1/s1. The van der Waals surface area contributed by atoms with Crippen molar-refractivity contribution in [3.05, 3.63) is 46.1 Å². The molecule has 0 aromatic heterocycles. The van der Waals surface area contributed by atoms with Crippen LogP contribution in [0.3, 0.4) is 0 Å². The van der Waals surface area contributed by atoms with E-state index in [1.54, 1.807) is 14.2 Å². The number of thioether (sulfide) groups is 1. The van der Waals surface area contributed by atoms with Gasteiger partial charge >= 0.3 is 5.97 Å². The zero-order valence-electron chi connectivity index (χ0n) is 22.3. The van der Waals surface area contributed by atoms with E-state index in [0.29, 0.717) is 34.5 Å². The minimum Gasteiger partial charge on any atom is -0.493 e. The van der Waals surface area contributed by atoms with Gasteiger partial charge in [0.1, 0.15) is 5.60 Å². The molecule has 0 bridgehead atoms. The molecule has 1 aromatic carbocycles. The van der Waals surface area contributed by atoms with Gasteiger partial charge < -0.3 is 29.2 Å². The molecular formula is C27H35N3O6S. The number of nitrogens with zero attached hydrogens (tertiary/aromatic N) is 2. The number of aliphatic imine (C=N–C) groups is 1. The topological polar surface area (TPSA) is 98.7 Å². The summed E-state index contributed by atoms with van der Waals surface area (Å²) in [5.74, 6) is 0.555. The van der Waals surface area contributed by atoms with Crippen molar-refractivity contribution < 1.29 is 28.5 Å². The van der Waals surface area contributed by atoms with E-state index in [1.165, 1.54) is 11.8 Å². The first-order chi connectivity index (χ1) is 17.6. The lowest BCUT2D eigenvalue weighted by atomic mass is 9.93. The van der Waals surface area contributed by atoms with Crippen LogP contribution in [-0.4, -0.2) is 61.0 Å². The molecule has 3 aliphatic heterocycles. The first kappa shape index (κ1) is 27.1. The third kappa shape index (κ3) is 6.13. The van der Waals surface area contributed by atoms with E-state index in [4.69, 9.17) is 23.9 Å². The Bertz CT molecular complexity index is 1150. The van der Waals surface area contributed by atoms with Crippen LogP contribution >= 0.6 is 11.8 Å². The van der Waals surface area contributed by atoms with Gasteiger partial charge in [0.25, 0.3) is 0 Å². The number of esters is 1. The monoisotopic (exact) mass is 529 g/mol. The molecule has 3 heterocycles. The third-order valence-corrected chi connectivity index (χ3v) is 7.12. The van der Waals surface area contributed by atoms with Gasteiger partial charge in [-0.15, -0.1) is 0 Å². The van der Waals surface area contributed by atoms with Gasteiger partial charge in [-0.1, -0.05) is 17.8 Å². The lowest BCUT2D eigenvalue weighted by Crippen LogP contribution is -2.39. The molecule has 37 heavy (non-hydrogen) atoms. The SMILES string of the molecule is COc1ccc([C@H]2C(C(=O)OC(C)(C)C)=C(C)N=C3SC=C(CC(=O)NC[C@H]4CCCO4)N32)cc1OC. The van der Waals surface area contributed by atoms with E-state index in [1.807, 2.05) is 56.2 Å². The Morgan fingerprint density at radius 1 is 1.22 bits per heavy atom. The van der Waals surface area contributed by atoms with Crippen molar-refractivity contribution in [2.24, 2.45) is 4.99 Å². The Labute approximate surface area is 222 Å². The van der Waals surface area contributed by atoms with Crippen molar-refractivity contribution in [1.82, 2.24) is 10.2 Å². The zero-order valence-corrected chi connectivity index (χ0v) is 23.1. The second-order valence-electron chi connectivity index (χ2n) is 10.1. The second-order valence-corrected chi connectivity index (χ2v) is 11.0. The molecule has 10 heteroatoms. The predicted octanol–water partition coefficient (Wildman–Crippen LogP) is 4.31. The normalized spacial score (nSPS) is 21.3. The molecule has 4 rings (SSSR count). The maximum absolute atomic E-state index is 13.5. The minimum absolute atomic E-state index is 0.0619. The lowest BCUT2D eigenvalue weighted by Gasteiger charge is -2.37. The van der Waals surface area contributed by atoms with Crippen molar-refractivity contribution in [2.75, 3.05) is 27.4 Å². The molecule has 0 unspecified atom stereocenters. The highest BCUT2D eigenvalue weighted by Crippen LogP contribution is 2.46. The number of amides is 1. The van der Waals surface area contributed by atoms with Crippen LogP contribution in [0.2, 0.25) is 0 Å².